The highest BCUT2D eigenvalue weighted by Gasteiger charge is 2.38. The molecule has 3 rings (SSSR count). The van der Waals surface area contributed by atoms with Gasteiger partial charge in [-0.15, -0.1) is 12.4 Å². The Morgan fingerprint density at radius 2 is 2.00 bits per heavy atom. The third kappa shape index (κ3) is 3.92. The Labute approximate surface area is 147 Å². The zero-order valence-corrected chi connectivity index (χ0v) is 14.2. The fourth-order valence-corrected chi connectivity index (χ4v) is 2.76. The molecule has 0 radical (unpaired) electrons. The van der Waals surface area contributed by atoms with Crippen LogP contribution in [-0.2, 0) is 16.1 Å². The number of halogens is 1. The zero-order chi connectivity index (χ0) is 16.1. The van der Waals surface area contributed by atoms with Gasteiger partial charge in [0.05, 0.1) is 11.1 Å². The first-order valence-corrected chi connectivity index (χ1v) is 7.74. The molecule has 0 saturated carbocycles. The van der Waals surface area contributed by atoms with Gasteiger partial charge in [-0.3, -0.25) is 4.79 Å². The standard InChI is InChI=1S/C16H21N5O2.ClH/c17-10-16(5-7-23-8-6-16)15(22)19-9-13-1-3-14(4-2-13)21-12-18-11-20-21;/h1-4,11-12H,5-10,17H2,(H,19,22);1H. The van der Waals surface area contributed by atoms with Crippen LogP contribution in [0.5, 0.6) is 0 Å². The molecule has 7 nitrogen and oxygen atoms in total. The summed E-state index contributed by atoms with van der Waals surface area (Å²) in [5, 5.41) is 7.09. The van der Waals surface area contributed by atoms with Crippen molar-refractivity contribution >= 4 is 18.3 Å². The molecule has 130 valence electrons. The van der Waals surface area contributed by atoms with Gasteiger partial charge in [0, 0.05) is 26.3 Å². The second-order valence-corrected chi connectivity index (χ2v) is 5.79. The summed E-state index contributed by atoms with van der Waals surface area (Å²) < 4.78 is 7.03. The van der Waals surface area contributed by atoms with Crippen molar-refractivity contribution in [3.63, 3.8) is 0 Å². The number of amides is 1. The predicted octanol–water partition coefficient (Wildman–Crippen LogP) is 1.06. The van der Waals surface area contributed by atoms with Crippen LogP contribution in [0.15, 0.2) is 36.9 Å². The van der Waals surface area contributed by atoms with Crippen molar-refractivity contribution in [3.8, 4) is 5.69 Å². The van der Waals surface area contributed by atoms with Crippen LogP contribution in [0.1, 0.15) is 18.4 Å². The molecule has 24 heavy (non-hydrogen) atoms. The predicted molar refractivity (Wildman–Crippen MR) is 92.0 cm³/mol. The van der Waals surface area contributed by atoms with E-state index in [2.05, 4.69) is 15.4 Å². The SMILES string of the molecule is Cl.NCC1(C(=O)NCc2ccc(-n3cncn3)cc2)CCOCC1. The number of ether oxygens (including phenoxy) is 1. The monoisotopic (exact) mass is 351 g/mol. The van der Waals surface area contributed by atoms with Gasteiger partial charge in [0.2, 0.25) is 5.91 Å². The molecule has 1 fully saturated rings. The molecule has 2 aromatic rings. The highest BCUT2D eigenvalue weighted by molar-refractivity contribution is 5.85. The Kier molecular flexibility index (Phi) is 6.30. The van der Waals surface area contributed by atoms with Gasteiger partial charge < -0.3 is 15.8 Å². The van der Waals surface area contributed by atoms with Crippen LogP contribution < -0.4 is 11.1 Å². The van der Waals surface area contributed by atoms with Crippen LogP contribution in [0.4, 0.5) is 0 Å². The van der Waals surface area contributed by atoms with E-state index in [-0.39, 0.29) is 18.3 Å². The van der Waals surface area contributed by atoms with E-state index in [1.807, 2.05) is 24.3 Å². The van der Waals surface area contributed by atoms with Crippen molar-refractivity contribution in [2.75, 3.05) is 19.8 Å². The van der Waals surface area contributed by atoms with E-state index in [1.54, 1.807) is 11.0 Å². The molecule has 1 amide bonds. The van der Waals surface area contributed by atoms with Crippen molar-refractivity contribution < 1.29 is 9.53 Å². The minimum absolute atomic E-state index is 0. The van der Waals surface area contributed by atoms with Crippen molar-refractivity contribution in [2.45, 2.75) is 19.4 Å². The van der Waals surface area contributed by atoms with E-state index < -0.39 is 5.41 Å². The topological polar surface area (TPSA) is 95.1 Å². The molecule has 0 bridgehead atoms. The first-order chi connectivity index (χ1) is 11.2. The van der Waals surface area contributed by atoms with Gasteiger partial charge in [-0.1, -0.05) is 12.1 Å². The fourth-order valence-electron chi connectivity index (χ4n) is 2.76. The van der Waals surface area contributed by atoms with Gasteiger partial charge >= 0.3 is 0 Å². The van der Waals surface area contributed by atoms with Crippen molar-refractivity contribution in [1.29, 1.82) is 0 Å². The summed E-state index contributed by atoms with van der Waals surface area (Å²) in [6.07, 6.45) is 4.50. The third-order valence-electron chi connectivity index (χ3n) is 4.40. The van der Waals surface area contributed by atoms with Gasteiger partial charge in [0.25, 0.3) is 0 Å². The Morgan fingerprint density at radius 1 is 1.29 bits per heavy atom. The molecule has 0 atom stereocenters. The highest BCUT2D eigenvalue weighted by atomic mass is 35.5. The second-order valence-electron chi connectivity index (χ2n) is 5.79. The zero-order valence-electron chi connectivity index (χ0n) is 13.4. The van der Waals surface area contributed by atoms with E-state index in [1.165, 1.54) is 6.33 Å². The van der Waals surface area contributed by atoms with Crippen LogP contribution in [0.2, 0.25) is 0 Å². The molecule has 0 aliphatic carbocycles. The van der Waals surface area contributed by atoms with Crippen LogP contribution in [-0.4, -0.2) is 40.4 Å². The van der Waals surface area contributed by atoms with E-state index >= 15 is 0 Å². The van der Waals surface area contributed by atoms with E-state index in [0.29, 0.717) is 39.1 Å². The van der Waals surface area contributed by atoms with Crippen LogP contribution in [0.25, 0.3) is 5.69 Å². The second kappa shape index (κ2) is 8.23. The lowest BCUT2D eigenvalue weighted by molar-refractivity contribution is -0.136. The average Bonchev–Trinajstić information content (AvgIpc) is 3.15. The number of hydrogen-bond acceptors (Lipinski definition) is 5. The van der Waals surface area contributed by atoms with Gasteiger partial charge in [0.15, 0.2) is 0 Å². The molecule has 3 N–H and O–H groups in total. The average molecular weight is 352 g/mol. The molecule has 1 aliphatic rings. The summed E-state index contributed by atoms with van der Waals surface area (Å²) in [6, 6.07) is 7.83. The maximum atomic E-state index is 12.5. The van der Waals surface area contributed by atoms with E-state index in [4.69, 9.17) is 10.5 Å². The molecule has 1 aromatic heterocycles. The summed E-state index contributed by atoms with van der Waals surface area (Å²) in [5.41, 5.74) is 7.32. The smallest absolute Gasteiger partial charge is 0.227 e. The summed E-state index contributed by atoms with van der Waals surface area (Å²) in [4.78, 5) is 16.4. The molecule has 0 spiro atoms. The molecule has 1 saturated heterocycles. The summed E-state index contributed by atoms with van der Waals surface area (Å²) in [7, 11) is 0. The minimum Gasteiger partial charge on any atom is -0.381 e. The van der Waals surface area contributed by atoms with Gasteiger partial charge in [0.1, 0.15) is 12.7 Å². The van der Waals surface area contributed by atoms with Gasteiger partial charge in [-0.25, -0.2) is 9.67 Å². The summed E-state index contributed by atoms with van der Waals surface area (Å²) in [6.45, 7) is 2.03. The lowest BCUT2D eigenvalue weighted by Crippen LogP contribution is -2.48. The first-order valence-electron chi connectivity index (χ1n) is 7.74. The van der Waals surface area contributed by atoms with Crippen LogP contribution in [0.3, 0.4) is 0 Å². The number of carbonyl (C=O) groups is 1. The lowest BCUT2D eigenvalue weighted by Gasteiger charge is -2.34. The summed E-state index contributed by atoms with van der Waals surface area (Å²) in [5.74, 6) is 0.0173. The number of rotatable bonds is 5. The minimum atomic E-state index is -0.487. The third-order valence-corrected chi connectivity index (χ3v) is 4.40. The van der Waals surface area contributed by atoms with Crippen LogP contribution in [0, 0.1) is 5.41 Å². The van der Waals surface area contributed by atoms with Crippen molar-refractivity contribution in [3.05, 3.63) is 42.5 Å². The van der Waals surface area contributed by atoms with Gasteiger partial charge in [-0.2, -0.15) is 5.10 Å². The van der Waals surface area contributed by atoms with Crippen LogP contribution >= 0.6 is 12.4 Å². The molecule has 1 aliphatic heterocycles. The number of nitrogens with zero attached hydrogens (tertiary/aromatic N) is 3. The summed E-state index contributed by atoms with van der Waals surface area (Å²) >= 11 is 0. The normalized spacial score (nSPS) is 16.2. The molecule has 1 aromatic carbocycles. The quantitative estimate of drug-likeness (QED) is 0.839. The van der Waals surface area contributed by atoms with Gasteiger partial charge in [-0.05, 0) is 30.5 Å². The van der Waals surface area contributed by atoms with E-state index in [9.17, 15) is 4.79 Å². The first kappa shape index (κ1) is 18.4. The maximum absolute atomic E-state index is 12.5. The molecule has 2 heterocycles. The number of hydrogen-bond donors (Lipinski definition) is 2. The number of aromatic nitrogens is 3. The lowest BCUT2D eigenvalue weighted by atomic mass is 9.79. The van der Waals surface area contributed by atoms with Crippen molar-refractivity contribution in [2.24, 2.45) is 11.1 Å². The number of benzene rings is 1. The Morgan fingerprint density at radius 3 is 2.58 bits per heavy atom. The fraction of sp³-hybridized carbons (Fsp3) is 0.438. The molecule has 0 unspecified atom stereocenters. The molecular formula is C16H22ClN5O2. The Bertz CT molecular complexity index is 639. The Balaban J connectivity index is 0.00000208. The number of carbonyl (C=O) groups excluding carboxylic acids is 1. The molecular weight excluding hydrogens is 330 g/mol. The van der Waals surface area contributed by atoms with Crippen molar-refractivity contribution in [1.82, 2.24) is 20.1 Å². The largest absolute Gasteiger partial charge is 0.381 e. The van der Waals surface area contributed by atoms with E-state index in [0.717, 1.165) is 11.3 Å². The molecule has 8 heteroatoms. The highest BCUT2D eigenvalue weighted by Crippen LogP contribution is 2.29. The number of nitrogens with two attached hydrogens (primary N) is 1. The maximum Gasteiger partial charge on any atom is 0.227 e. The number of nitrogens with one attached hydrogen (secondary N) is 1. The Hall–Kier alpha value is -1.96.